The Bertz CT molecular complexity index is 272. The van der Waals surface area contributed by atoms with Crippen molar-refractivity contribution >= 4 is 17.2 Å². The summed E-state index contributed by atoms with van der Waals surface area (Å²) in [5, 5.41) is 4.81. The molecule has 0 saturated carbocycles. The van der Waals surface area contributed by atoms with Crippen molar-refractivity contribution in [3.63, 3.8) is 0 Å². The largest absolute Gasteiger partial charge is 0.350 e. The number of nitrogens with one attached hydrogen (secondary N) is 1. The molecule has 78 valence electrons. The molecule has 4 heteroatoms. The molecule has 1 heterocycles. The smallest absolute Gasteiger partial charge is 0.237 e. The van der Waals surface area contributed by atoms with Crippen molar-refractivity contribution in [3.05, 3.63) is 22.4 Å². The van der Waals surface area contributed by atoms with Crippen LogP contribution >= 0.6 is 11.3 Å². The molecule has 1 amide bonds. The molecule has 1 rings (SSSR count). The molecular weight excluding hydrogens is 196 g/mol. The van der Waals surface area contributed by atoms with Gasteiger partial charge in [-0.1, -0.05) is 19.4 Å². The predicted octanol–water partition coefficient (Wildman–Crippen LogP) is 1.49. The van der Waals surface area contributed by atoms with Gasteiger partial charge in [0.2, 0.25) is 5.91 Å². The molecule has 14 heavy (non-hydrogen) atoms. The van der Waals surface area contributed by atoms with E-state index < -0.39 is 0 Å². The number of nitrogens with two attached hydrogens (primary N) is 1. The van der Waals surface area contributed by atoms with Gasteiger partial charge >= 0.3 is 0 Å². The second-order valence-electron chi connectivity index (χ2n) is 3.19. The van der Waals surface area contributed by atoms with Gasteiger partial charge in [0.1, 0.15) is 0 Å². The van der Waals surface area contributed by atoms with Gasteiger partial charge in [-0.15, -0.1) is 11.3 Å². The van der Waals surface area contributed by atoms with Gasteiger partial charge in [-0.3, -0.25) is 4.79 Å². The summed E-state index contributed by atoms with van der Waals surface area (Å²) in [6.45, 7) is 2.61. The van der Waals surface area contributed by atoms with Crippen LogP contribution < -0.4 is 11.1 Å². The van der Waals surface area contributed by atoms with Gasteiger partial charge in [-0.05, 0) is 17.9 Å². The Kier molecular flexibility index (Phi) is 4.62. The molecule has 0 unspecified atom stereocenters. The van der Waals surface area contributed by atoms with Crippen molar-refractivity contribution in [1.29, 1.82) is 0 Å². The number of hydrogen-bond donors (Lipinski definition) is 2. The number of amides is 1. The van der Waals surface area contributed by atoms with Crippen LogP contribution in [0.5, 0.6) is 0 Å². The molecule has 0 bridgehead atoms. The second-order valence-corrected chi connectivity index (χ2v) is 4.22. The summed E-state index contributed by atoms with van der Waals surface area (Å²) in [6.07, 6.45) is 1.68. The monoisotopic (exact) mass is 212 g/mol. The fourth-order valence-corrected chi connectivity index (χ4v) is 1.81. The van der Waals surface area contributed by atoms with Gasteiger partial charge in [0.05, 0.1) is 12.6 Å². The zero-order valence-electron chi connectivity index (χ0n) is 8.32. The zero-order chi connectivity index (χ0) is 10.4. The average Bonchev–Trinajstić information content (AvgIpc) is 2.67. The van der Waals surface area contributed by atoms with E-state index in [-0.39, 0.29) is 11.9 Å². The van der Waals surface area contributed by atoms with Crippen molar-refractivity contribution in [2.75, 3.05) is 0 Å². The normalized spacial score (nSPS) is 12.4. The maximum Gasteiger partial charge on any atom is 0.237 e. The third kappa shape index (κ3) is 3.47. The number of carbonyl (C=O) groups is 1. The van der Waals surface area contributed by atoms with Crippen LogP contribution in [0.25, 0.3) is 0 Å². The molecule has 0 spiro atoms. The first-order chi connectivity index (χ1) is 6.74. The fraction of sp³-hybridized carbons (Fsp3) is 0.500. The molecular formula is C10H16N2OS. The summed E-state index contributed by atoms with van der Waals surface area (Å²) in [5.74, 6) is -0.0553. The number of carbonyl (C=O) groups excluding carboxylic acids is 1. The average molecular weight is 212 g/mol. The first kappa shape index (κ1) is 11.2. The van der Waals surface area contributed by atoms with Gasteiger partial charge in [0.25, 0.3) is 0 Å². The highest BCUT2D eigenvalue weighted by atomic mass is 32.1. The summed E-state index contributed by atoms with van der Waals surface area (Å²) in [6, 6.07) is 3.61. The lowest BCUT2D eigenvalue weighted by atomic mass is 10.2. The zero-order valence-corrected chi connectivity index (χ0v) is 9.14. The van der Waals surface area contributed by atoms with Crippen LogP contribution in [-0.2, 0) is 11.3 Å². The summed E-state index contributed by atoms with van der Waals surface area (Å²) < 4.78 is 0. The van der Waals surface area contributed by atoms with Crippen LogP contribution in [-0.4, -0.2) is 11.9 Å². The molecule has 1 aromatic heterocycles. The van der Waals surface area contributed by atoms with Crippen molar-refractivity contribution in [3.8, 4) is 0 Å². The third-order valence-electron chi connectivity index (χ3n) is 1.95. The Morgan fingerprint density at radius 1 is 1.71 bits per heavy atom. The minimum atomic E-state index is -0.361. The molecule has 1 atom stereocenters. The highest BCUT2D eigenvalue weighted by Gasteiger charge is 2.11. The van der Waals surface area contributed by atoms with Gasteiger partial charge in [0, 0.05) is 4.88 Å². The van der Waals surface area contributed by atoms with E-state index in [0.717, 1.165) is 17.7 Å². The van der Waals surface area contributed by atoms with E-state index in [1.165, 1.54) is 0 Å². The Labute approximate surface area is 88.3 Å². The summed E-state index contributed by atoms with van der Waals surface area (Å²) in [7, 11) is 0. The van der Waals surface area contributed by atoms with Crippen molar-refractivity contribution < 1.29 is 4.79 Å². The topological polar surface area (TPSA) is 55.1 Å². The van der Waals surface area contributed by atoms with E-state index in [1.807, 2.05) is 24.4 Å². The molecule has 0 aliphatic rings. The summed E-state index contributed by atoms with van der Waals surface area (Å²) in [5.41, 5.74) is 5.66. The van der Waals surface area contributed by atoms with E-state index in [1.54, 1.807) is 11.3 Å². The van der Waals surface area contributed by atoms with Crippen molar-refractivity contribution in [2.45, 2.75) is 32.4 Å². The molecule has 1 aromatic rings. The highest BCUT2D eigenvalue weighted by Crippen LogP contribution is 2.07. The van der Waals surface area contributed by atoms with Crippen LogP contribution in [0.3, 0.4) is 0 Å². The molecule has 0 radical (unpaired) electrons. The molecule has 3 N–H and O–H groups in total. The standard InChI is InChI=1S/C10H16N2OS/c1-2-4-9(11)10(13)12-7-8-5-3-6-14-8/h3,5-6,9H,2,4,7,11H2,1H3,(H,12,13)/t9-/m1/s1. The molecule has 3 nitrogen and oxygen atoms in total. The number of hydrogen-bond acceptors (Lipinski definition) is 3. The van der Waals surface area contributed by atoms with E-state index in [2.05, 4.69) is 5.32 Å². The minimum Gasteiger partial charge on any atom is -0.350 e. The Morgan fingerprint density at radius 3 is 3.07 bits per heavy atom. The fourth-order valence-electron chi connectivity index (χ4n) is 1.16. The molecule has 0 aromatic carbocycles. The lowest BCUT2D eigenvalue weighted by Gasteiger charge is -2.09. The summed E-state index contributed by atoms with van der Waals surface area (Å²) in [4.78, 5) is 12.6. The van der Waals surface area contributed by atoms with Gasteiger partial charge < -0.3 is 11.1 Å². The highest BCUT2D eigenvalue weighted by molar-refractivity contribution is 7.09. The van der Waals surface area contributed by atoms with E-state index >= 15 is 0 Å². The summed E-state index contributed by atoms with van der Waals surface area (Å²) >= 11 is 1.63. The lowest BCUT2D eigenvalue weighted by Crippen LogP contribution is -2.39. The molecule has 0 aliphatic carbocycles. The van der Waals surface area contributed by atoms with Crippen LogP contribution in [0.4, 0.5) is 0 Å². The molecule has 0 fully saturated rings. The van der Waals surface area contributed by atoms with E-state index in [4.69, 9.17) is 5.73 Å². The Hall–Kier alpha value is -0.870. The van der Waals surface area contributed by atoms with E-state index in [9.17, 15) is 4.79 Å². The van der Waals surface area contributed by atoms with Gasteiger partial charge in [-0.2, -0.15) is 0 Å². The SMILES string of the molecule is CCC[C@@H](N)C(=O)NCc1cccs1. The number of thiophene rings is 1. The van der Waals surface area contributed by atoms with Crippen LogP contribution in [0.15, 0.2) is 17.5 Å². The van der Waals surface area contributed by atoms with Gasteiger partial charge in [-0.25, -0.2) is 0 Å². The van der Waals surface area contributed by atoms with E-state index in [0.29, 0.717) is 6.54 Å². The van der Waals surface area contributed by atoms with Crippen molar-refractivity contribution in [1.82, 2.24) is 5.32 Å². The maximum absolute atomic E-state index is 11.4. The second kappa shape index (κ2) is 5.78. The quantitative estimate of drug-likeness (QED) is 0.777. The first-order valence-corrected chi connectivity index (χ1v) is 5.67. The molecule has 0 saturated heterocycles. The Morgan fingerprint density at radius 2 is 2.50 bits per heavy atom. The maximum atomic E-state index is 11.4. The lowest BCUT2D eigenvalue weighted by molar-refractivity contribution is -0.122. The van der Waals surface area contributed by atoms with Crippen molar-refractivity contribution in [2.24, 2.45) is 5.73 Å². The van der Waals surface area contributed by atoms with Crippen LogP contribution in [0, 0.1) is 0 Å². The predicted molar refractivity (Wildman–Crippen MR) is 59.0 cm³/mol. The minimum absolute atomic E-state index is 0.0553. The van der Waals surface area contributed by atoms with Crippen LogP contribution in [0.1, 0.15) is 24.6 Å². The third-order valence-corrected chi connectivity index (χ3v) is 2.83. The first-order valence-electron chi connectivity index (χ1n) is 4.79. The Balaban J connectivity index is 2.27. The van der Waals surface area contributed by atoms with Gasteiger partial charge in [0.15, 0.2) is 0 Å². The van der Waals surface area contributed by atoms with Crippen LogP contribution in [0.2, 0.25) is 0 Å². The molecule has 0 aliphatic heterocycles. The number of rotatable bonds is 5.